The van der Waals surface area contributed by atoms with Gasteiger partial charge in [0.05, 0.1) is 24.1 Å². The van der Waals surface area contributed by atoms with Crippen LogP contribution in [-0.4, -0.2) is 24.6 Å². The molecule has 2 N–H and O–H groups in total. The Hall–Kier alpha value is -2.56. The fourth-order valence-electron chi connectivity index (χ4n) is 1.99. The van der Waals surface area contributed by atoms with E-state index in [1.165, 1.54) is 6.20 Å². The van der Waals surface area contributed by atoms with Crippen molar-refractivity contribution >= 4 is 17.5 Å². The molecule has 110 valence electrons. The van der Waals surface area contributed by atoms with Crippen molar-refractivity contribution in [1.29, 1.82) is 0 Å². The van der Waals surface area contributed by atoms with Crippen LogP contribution >= 0.6 is 0 Å². The van der Waals surface area contributed by atoms with Gasteiger partial charge in [-0.3, -0.25) is 0 Å². The van der Waals surface area contributed by atoms with Crippen LogP contribution in [0.1, 0.15) is 22.8 Å². The van der Waals surface area contributed by atoms with E-state index in [-0.39, 0.29) is 0 Å². The van der Waals surface area contributed by atoms with Gasteiger partial charge in [-0.2, -0.15) is 0 Å². The standard InChI is InChI=1S/C16H19N3O2/c1-3-21-16(20)13-9-15(18-10-14(13)17)19(2)11-12-7-5-4-6-8-12/h4-10H,3,11,17H2,1-2H3. The number of anilines is 2. The normalized spacial score (nSPS) is 10.2. The summed E-state index contributed by atoms with van der Waals surface area (Å²) in [5.74, 6) is 0.253. The average molecular weight is 285 g/mol. The molecule has 0 spiro atoms. The second kappa shape index (κ2) is 6.74. The van der Waals surface area contributed by atoms with E-state index in [4.69, 9.17) is 10.5 Å². The molecule has 0 aliphatic heterocycles. The molecule has 0 aliphatic rings. The van der Waals surface area contributed by atoms with Crippen LogP contribution in [0.2, 0.25) is 0 Å². The Bertz CT molecular complexity index is 614. The van der Waals surface area contributed by atoms with Gasteiger partial charge in [-0.25, -0.2) is 9.78 Å². The molecule has 5 heteroatoms. The Labute approximate surface area is 124 Å². The van der Waals surface area contributed by atoms with E-state index < -0.39 is 5.97 Å². The second-order valence-electron chi connectivity index (χ2n) is 4.69. The van der Waals surface area contributed by atoms with Gasteiger partial charge in [-0.15, -0.1) is 0 Å². The highest BCUT2D eigenvalue weighted by Crippen LogP contribution is 2.19. The van der Waals surface area contributed by atoms with Gasteiger partial charge < -0.3 is 15.4 Å². The van der Waals surface area contributed by atoms with Gasteiger partial charge in [0, 0.05) is 13.6 Å². The second-order valence-corrected chi connectivity index (χ2v) is 4.69. The molecule has 0 saturated heterocycles. The van der Waals surface area contributed by atoms with E-state index >= 15 is 0 Å². The van der Waals surface area contributed by atoms with Gasteiger partial charge in [-0.05, 0) is 18.6 Å². The number of nitrogens with zero attached hydrogens (tertiary/aromatic N) is 2. The van der Waals surface area contributed by atoms with Crippen LogP contribution < -0.4 is 10.6 Å². The smallest absolute Gasteiger partial charge is 0.340 e. The van der Waals surface area contributed by atoms with Gasteiger partial charge in [0.25, 0.3) is 0 Å². The summed E-state index contributed by atoms with van der Waals surface area (Å²) in [6.45, 7) is 2.77. The van der Waals surface area contributed by atoms with Gasteiger partial charge in [-0.1, -0.05) is 30.3 Å². The number of nitrogens with two attached hydrogens (primary N) is 1. The van der Waals surface area contributed by atoms with Crippen LogP contribution in [0, 0.1) is 0 Å². The zero-order valence-electron chi connectivity index (χ0n) is 12.2. The first kappa shape index (κ1) is 14.8. The van der Waals surface area contributed by atoms with E-state index in [9.17, 15) is 4.79 Å². The van der Waals surface area contributed by atoms with E-state index in [0.29, 0.717) is 30.2 Å². The lowest BCUT2D eigenvalue weighted by Gasteiger charge is -2.19. The average Bonchev–Trinajstić information content (AvgIpc) is 2.48. The maximum absolute atomic E-state index is 11.9. The molecular weight excluding hydrogens is 266 g/mol. The zero-order chi connectivity index (χ0) is 15.2. The summed E-state index contributed by atoms with van der Waals surface area (Å²) in [5.41, 5.74) is 7.63. The lowest BCUT2D eigenvalue weighted by atomic mass is 10.2. The summed E-state index contributed by atoms with van der Waals surface area (Å²) in [6, 6.07) is 11.7. The van der Waals surface area contributed by atoms with Crippen molar-refractivity contribution in [2.45, 2.75) is 13.5 Å². The third kappa shape index (κ3) is 3.72. The number of aromatic nitrogens is 1. The minimum absolute atomic E-state index is 0.315. The number of ether oxygens (including phenoxy) is 1. The number of benzene rings is 1. The number of nitrogen functional groups attached to an aromatic ring is 1. The minimum atomic E-state index is -0.424. The molecule has 1 heterocycles. The molecular formula is C16H19N3O2. The third-order valence-electron chi connectivity index (χ3n) is 3.07. The topological polar surface area (TPSA) is 68.5 Å². The van der Waals surface area contributed by atoms with Gasteiger partial charge in [0.2, 0.25) is 0 Å². The number of carbonyl (C=O) groups is 1. The molecule has 0 radical (unpaired) electrons. The van der Waals surface area contributed by atoms with Crippen LogP contribution in [0.15, 0.2) is 42.6 Å². The molecule has 5 nitrogen and oxygen atoms in total. The van der Waals surface area contributed by atoms with Crippen molar-refractivity contribution in [3.63, 3.8) is 0 Å². The van der Waals surface area contributed by atoms with Crippen molar-refractivity contribution in [3.8, 4) is 0 Å². The van der Waals surface area contributed by atoms with E-state index in [1.807, 2.05) is 42.3 Å². The van der Waals surface area contributed by atoms with Crippen LogP contribution in [0.25, 0.3) is 0 Å². The molecule has 1 aromatic heterocycles. The van der Waals surface area contributed by atoms with Gasteiger partial charge in [0.1, 0.15) is 5.82 Å². The number of carbonyl (C=O) groups excluding carboxylic acids is 1. The molecule has 0 amide bonds. The third-order valence-corrected chi connectivity index (χ3v) is 3.07. The highest BCUT2D eigenvalue weighted by Gasteiger charge is 2.14. The molecule has 0 saturated carbocycles. The first-order chi connectivity index (χ1) is 10.1. The van der Waals surface area contributed by atoms with Crippen LogP contribution in [0.3, 0.4) is 0 Å². The van der Waals surface area contributed by atoms with Crippen LogP contribution in [0.5, 0.6) is 0 Å². The first-order valence-corrected chi connectivity index (χ1v) is 6.79. The van der Waals surface area contributed by atoms with E-state index in [1.54, 1.807) is 13.0 Å². The van der Waals surface area contributed by atoms with Crippen molar-refractivity contribution in [3.05, 3.63) is 53.7 Å². The summed E-state index contributed by atoms with van der Waals surface area (Å²) < 4.78 is 5.00. The zero-order valence-corrected chi connectivity index (χ0v) is 12.2. The van der Waals surface area contributed by atoms with Crippen molar-refractivity contribution in [1.82, 2.24) is 4.98 Å². The van der Waals surface area contributed by atoms with Gasteiger partial charge >= 0.3 is 5.97 Å². The van der Waals surface area contributed by atoms with Crippen molar-refractivity contribution < 1.29 is 9.53 Å². The molecule has 0 unspecified atom stereocenters. The number of pyridine rings is 1. The predicted octanol–water partition coefficient (Wildman–Crippen LogP) is 2.48. The molecule has 0 bridgehead atoms. The molecule has 2 rings (SSSR count). The minimum Gasteiger partial charge on any atom is -0.462 e. The summed E-state index contributed by atoms with van der Waals surface area (Å²) in [5, 5.41) is 0. The van der Waals surface area contributed by atoms with E-state index in [0.717, 1.165) is 5.56 Å². The number of esters is 1. The Morgan fingerprint density at radius 2 is 2.05 bits per heavy atom. The number of rotatable bonds is 5. The summed E-state index contributed by atoms with van der Waals surface area (Å²) >= 11 is 0. The Kier molecular flexibility index (Phi) is 4.77. The lowest BCUT2D eigenvalue weighted by molar-refractivity contribution is 0.0527. The van der Waals surface area contributed by atoms with Crippen LogP contribution in [-0.2, 0) is 11.3 Å². The Balaban J connectivity index is 2.20. The van der Waals surface area contributed by atoms with E-state index in [2.05, 4.69) is 4.98 Å². The highest BCUT2D eigenvalue weighted by atomic mass is 16.5. The first-order valence-electron chi connectivity index (χ1n) is 6.79. The SMILES string of the molecule is CCOC(=O)c1cc(N(C)Cc2ccccc2)ncc1N. The molecule has 0 atom stereocenters. The maximum Gasteiger partial charge on any atom is 0.340 e. The lowest BCUT2D eigenvalue weighted by Crippen LogP contribution is -2.19. The fraction of sp³-hybridized carbons (Fsp3) is 0.250. The monoisotopic (exact) mass is 285 g/mol. The summed E-state index contributed by atoms with van der Waals surface area (Å²) in [6.07, 6.45) is 1.49. The van der Waals surface area contributed by atoms with Crippen molar-refractivity contribution in [2.75, 3.05) is 24.3 Å². The molecule has 1 aromatic carbocycles. The summed E-state index contributed by atoms with van der Waals surface area (Å²) in [4.78, 5) is 18.1. The fourth-order valence-corrected chi connectivity index (χ4v) is 1.99. The molecule has 0 fully saturated rings. The summed E-state index contributed by atoms with van der Waals surface area (Å²) in [7, 11) is 1.92. The highest BCUT2D eigenvalue weighted by molar-refractivity contribution is 5.95. The maximum atomic E-state index is 11.9. The number of hydrogen-bond donors (Lipinski definition) is 1. The molecule has 21 heavy (non-hydrogen) atoms. The quantitative estimate of drug-likeness (QED) is 0.855. The van der Waals surface area contributed by atoms with Gasteiger partial charge in [0.15, 0.2) is 0 Å². The Morgan fingerprint density at radius 3 is 2.71 bits per heavy atom. The largest absolute Gasteiger partial charge is 0.462 e. The molecule has 0 aliphatic carbocycles. The Morgan fingerprint density at radius 1 is 1.33 bits per heavy atom. The molecule has 2 aromatic rings. The predicted molar refractivity (Wildman–Crippen MR) is 83.2 cm³/mol. The van der Waals surface area contributed by atoms with Crippen molar-refractivity contribution in [2.24, 2.45) is 0 Å². The number of hydrogen-bond acceptors (Lipinski definition) is 5. The van der Waals surface area contributed by atoms with Crippen LogP contribution in [0.4, 0.5) is 11.5 Å².